The largest absolute Gasteiger partial charge is 0.370 e. The highest BCUT2D eigenvalue weighted by atomic mass is 35.5. The number of carbonyl (C=O) groups excluding carboxylic acids is 2. The summed E-state index contributed by atoms with van der Waals surface area (Å²) in [5.41, 5.74) is 6.47. The van der Waals surface area contributed by atoms with Crippen LogP contribution in [0.3, 0.4) is 0 Å². The van der Waals surface area contributed by atoms with Gasteiger partial charge in [-0.2, -0.15) is 0 Å². The van der Waals surface area contributed by atoms with Crippen molar-refractivity contribution in [3.05, 3.63) is 33.3 Å². The highest BCUT2D eigenvalue weighted by molar-refractivity contribution is 6.42. The lowest BCUT2D eigenvalue weighted by Crippen LogP contribution is -2.50. The summed E-state index contributed by atoms with van der Waals surface area (Å²) in [5.74, 6) is -0.838. The number of guanidine groups is 1. The third-order valence-corrected chi connectivity index (χ3v) is 5.45. The van der Waals surface area contributed by atoms with Gasteiger partial charge in [-0.3, -0.25) is 15.5 Å². The third kappa shape index (κ3) is 2.60. The van der Waals surface area contributed by atoms with Gasteiger partial charge in [-0.1, -0.05) is 23.2 Å². The van der Waals surface area contributed by atoms with Crippen molar-refractivity contribution < 1.29 is 14.1 Å². The second kappa shape index (κ2) is 5.47. The number of rotatable bonds is 3. The van der Waals surface area contributed by atoms with E-state index in [0.29, 0.717) is 15.6 Å². The van der Waals surface area contributed by atoms with Crippen LogP contribution in [0, 0.1) is 5.41 Å². The van der Waals surface area contributed by atoms with Crippen LogP contribution in [0.5, 0.6) is 0 Å². The van der Waals surface area contributed by atoms with Crippen LogP contribution in [0.2, 0.25) is 10.0 Å². The monoisotopic (exact) mass is 355 g/mol. The number of fused-ring (bicyclic) bond motifs is 1. The molecule has 8 heteroatoms. The Hall–Kier alpha value is -1.63. The van der Waals surface area contributed by atoms with Gasteiger partial charge < -0.3 is 5.73 Å². The van der Waals surface area contributed by atoms with Crippen LogP contribution in [0.15, 0.2) is 12.1 Å². The van der Waals surface area contributed by atoms with Gasteiger partial charge >= 0.3 is 5.91 Å². The lowest BCUT2D eigenvalue weighted by Gasteiger charge is -2.33. The molecular formula is C15H17Cl2N4O2+. The lowest BCUT2D eigenvalue weighted by atomic mass is 10.0. The summed E-state index contributed by atoms with van der Waals surface area (Å²) in [6.45, 7) is 0. The first-order valence-electron chi connectivity index (χ1n) is 7.28. The van der Waals surface area contributed by atoms with E-state index >= 15 is 0 Å². The molecule has 4 N–H and O–H groups in total. The summed E-state index contributed by atoms with van der Waals surface area (Å²) in [7, 11) is 1.85. The molecule has 0 spiro atoms. The van der Waals surface area contributed by atoms with E-state index in [0.717, 1.165) is 18.4 Å². The maximum Gasteiger partial charge on any atom is 0.346 e. The number of amides is 2. The van der Waals surface area contributed by atoms with Crippen LogP contribution >= 0.6 is 23.2 Å². The molecule has 3 rings (SSSR count). The van der Waals surface area contributed by atoms with Crippen molar-refractivity contribution in [3.8, 4) is 0 Å². The predicted molar refractivity (Wildman–Crippen MR) is 87.4 cm³/mol. The number of hydrogen-bond acceptors (Lipinski definition) is 3. The number of halogens is 2. The molecule has 1 aromatic rings. The van der Waals surface area contributed by atoms with E-state index in [9.17, 15) is 9.59 Å². The van der Waals surface area contributed by atoms with Gasteiger partial charge in [0.2, 0.25) is 5.91 Å². The summed E-state index contributed by atoms with van der Waals surface area (Å²) >= 11 is 12.2. The number of nitrogens with two attached hydrogens (primary N) is 1. The quantitative estimate of drug-likeness (QED) is 0.440. The summed E-state index contributed by atoms with van der Waals surface area (Å²) in [6.07, 6.45) is 1.95. The smallest absolute Gasteiger partial charge is 0.346 e. The average Bonchev–Trinajstić information content (AvgIpc) is 3.27. The van der Waals surface area contributed by atoms with Gasteiger partial charge in [0.1, 0.15) is 6.04 Å². The van der Waals surface area contributed by atoms with E-state index < -0.39 is 5.96 Å². The van der Waals surface area contributed by atoms with E-state index in [-0.39, 0.29) is 34.8 Å². The molecule has 1 unspecified atom stereocenters. The van der Waals surface area contributed by atoms with Gasteiger partial charge in [0.05, 0.1) is 35.1 Å². The molecule has 0 saturated heterocycles. The fourth-order valence-corrected chi connectivity index (χ4v) is 3.76. The molecule has 0 aromatic heterocycles. The Kier molecular flexibility index (Phi) is 3.86. The van der Waals surface area contributed by atoms with Crippen molar-refractivity contribution in [3.63, 3.8) is 0 Å². The normalized spacial score (nSPS) is 26.0. The number of quaternary nitrogens is 1. The minimum atomic E-state index is -0.408. The molecule has 1 saturated carbocycles. The van der Waals surface area contributed by atoms with Gasteiger partial charge in [0.25, 0.3) is 0 Å². The Morgan fingerprint density at radius 3 is 2.57 bits per heavy atom. The molecule has 1 heterocycles. The van der Waals surface area contributed by atoms with Crippen LogP contribution in [0.1, 0.15) is 41.2 Å². The molecule has 1 aliphatic heterocycles. The number of nitrogens with zero attached hydrogens (tertiary/aromatic N) is 1. The first kappa shape index (κ1) is 16.2. The van der Waals surface area contributed by atoms with E-state index in [4.69, 9.17) is 34.3 Å². The Labute approximate surface area is 143 Å². The van der Waals surface area contributed by atoms with Gasteiger partial charge in [-0.25, -0.2) is 9.28 Å². The van der Waals surface area contributed by atoms with Crippen LogP contribution in [0.4, 0.5) is 0 Å². The molecule has 2 amide bonds. The molecular weight excluding hydrogens is 339 g/mol. The Bertz CT molecular complexity index is 732. The van der Waals surface area contributed by atoms with Gasteiger partial charge in [-0.05, 0) is 12.1 Å². The van der Waals surface area contributed by atoms with Crippen LogP contribution in [-0.2, 0) is 4.79 Å². The molecule has 1 fully saturated rings. The Morgan fingerprint density at radius 2 is 2.00 bits per heavy atom. The maximum atomic E-state index is 12.9. The number of nitrogens with one attached hydrogen (secondary N) is 2. The fourth-order valence-electron chi connectivity index (χ4n) is 3.42. The van der Waals surface area contributed by atoms with E-state index in [1.165, 1.54) is 0 Å². The van der Waals surface area contributed by atoms with Crippen molar-refractivity contribution in [2.75, 3.05) is 7.05 Å². The van der Waals surface area contributed by atoms with Crippen LogP contribution in [0.25, 0.3) is 0 Å². The van der Waals surface area contributed by atoms with Crippen molar-refractivity contribution in [1.29, 1.82) is 5.41 Å². The summed E-state index contributed by atoms with van der Waals surface area (Å²) in [6, 6.07) is 3.11. The molecule has 1 aromatic carbocycles. The van der Waals surface area contributed by atoms with Crippen LogP contribution in [-0.4, -0.2) is 35.3 Å². The SMILES string of the molecule is C[N@@+]1(C2CC2)C(=O)c2cc(Cl)c(Cl)cc2C1CC(=O)NC(=N)N. The lowest BCUT2D eigenvalue weighted by molar-refractivity contribution is -0.867. The summed E-state index contributed by atoms with van der Waals surface area (Å²) < 4.78 is 0.150. The molecule has 23 heavy (non-hydrogen) atoms. The molecule has 2 aliphatic rings. The minimum Gasteiger partial charge on any atom is -0.370 e. The number of carbonyl (C=O) groups is 2. The number of benzene rings is 1. The zero-order chi connectivity index (χ0) is 16.9. The molecule has 6 nitrogen and oxygen atoms in total. The molecule has 0 bridgehead atoms. The van der Waals surface area contributed by atoms with E-state index in [1.807, 2.05) is 7.05 Å². The number of hydrogen-bond donors (Lipinski definition) is 3. The van der Waals surface area contributed by atoms with Crippen LogP contribution < -0.4 is 11.1 Å². The van der Waals surface area contributed by atoms with Crippen molar-refractivity contribution in [1.82, 2.24) is 5.32 Å². The second-order valence-electron chi connectivity index (χ2n) is 6.22. The zero-order valence-electron chi connectivity index (χ0n) is 12.5. The highest BCUT2D eigenvalue weighted by Crippen LogP contribution is 2.50. The standard InChI is InChI=1S/C15H16Cl2N4O2/c1-21(7-2-3-7)12(6-13(22)20-15(18)19)8-4-10(16)11(17)5-9(8)14(21)23/h4-5,7,12H,2-3,6H2,1H3,(H3-,18,19,20,22)/p+1/t12?,21-/m0/s1. The molecule has 122 valence electrons. The molecule has 2 atom stereocenters. The predicted octanol–water partition coefficient (Wildman–Crippen LogP) is 2.20. The molecule has 1 aliphatic carbocycles. The topological polar surface area (TPSA) is 96.0 Å². The zero-order valence-corrected chi connectivity index (χ0v) is 14.0. The second-order valence-corrected chi connectivity index (χ2v) is 7.03. The maximum absolute atomic E-state index is 12.9. The Balaban J connectivity index is 2.03. The van der Waals surface area contributed by atoms with Crippen molar-refractivity contribution in [2.24, 2.45) is 5.73 Å². The average molecular weight is 356 g/mol. The summed E-state index contributed by atoms with van der Waals surface area (Å²) in [4.78, 5) is 25.0. The first-order chi connectivity index (χ1) is 10.7. The van der Waals surface area contributed by atoms with Gasteiger partial charge in [0.15, 0.2) is 5.96 Å². The van der Waals surface area contributed by atoms with E-state index in [2.05, 4.69) is 5.32 Å². The third-order valence-electron chi connectivity index (χ3n) is 4.73. The van der Waals surface area contributed by atoms with Gasteiger partial charge in [-0.15, -0.1) is 0 Å². The fraction of sp³-hybridized carbons (Fsp3) is 0.400. The van der Waals surface area contributed by atoms with Crippen molar-refractivity contribution in [2.45, 2.75) is 31.3 Å². The Morgan fingerprint density at radius 1 is 1.39 bits per heavy atom. The highest BCUT2D eigenvalue weighted by Gasteiger charge is 2.58. The van der Waals surface area contributed by atoms with Gasteiger partial charge in [0, 0.05) is 18.4 Å². The summed E-state index contributed by atoms with van der Waals surface area (Å²) in [5, 5.41) is 10.1. The van der Waals surface area contributed by atoms with Crippen molar-refractivity contribution >= 4 is 41.0 Å². The molecule has 0 radical (unpaired) electrons. The minimum absolute atomic E-state index is 0.0401. The van der Waals surface area contributed by atoms with E-state index in [1.54, 1.807) is 12.1 Å². The first-order valence-corrected chi connectivity index (χ1v) is 8.04.